The minimum absolute atomic E-state index is 0.107. The quantitative estimate of drug-likeness (QED) is 0.666. The monoisotopic (exact) mass is 373 g/mol. The Morgan fingerprint density at radius 2 is 1.81 bits per heavy atom. The predicted octanol–water partition coefficient (Wildman–Crippen LogP) is 4.45. The van der Waals surface area contributed by atoms with Crippen LogP contribution in [0.3, 0.4) is 0 Å². The average Bonchev–Trinajstić information content (AvgIpc) is 3.23. The molecule has 7 heteroatoms. The maximum absolute atomic E-state index is 12.7. The van der Waals surface area contributed by atoms with Crippen LogP contribution in [-0.2, 0) is 6.18 Å². The standard InChI is InChI=1S/C20H18F3N3O/c1-13-24-17-4-2-3-5-18(17)26(13)16-10-11-25(12-16)19(27)14-6-8-15(9-7-14)20(21,22)23/h2-9,16H,10-12H2,1H3/t16-/m0/s1. The number of hydrogen-bond donors (Lipinski definition) is 0. The van der Waals surface area contributed by atoms with Crippen LogP contribution in [0.4, 0.5) is 13.2 Å². The molecule has 3 aromatic rings. The van der Waals surface area contributed by atoms with E-state index in [1.165, 1.54) is 12.1 Å². The minimum Gasteiger partial charge on any atom is -0.336 e. The van der Waals surface area contributed by atoms with Crippen molar-refractivity contribution in [1.82, 2.24) is 14.5 Å². The van der Waals surface area contributed by atoms with Crippen LogP contribution in [0.2, 0.25) is 0 Å². The average molecular weight is 373 g/mol. The summed E-state index contributed by atoms with van der Waals surface area (Å²) in [5, 5.41) is 0. The molecule has 140 valence electrons. The van der Waals surface area contributed by atoms with E-state index in [1.54, 1.807) is 4.90 Å². The van der Waals surface area contributed by atoms with E-state index in [0.29, 0.717) is 13.1 Å². The number of halogens is 3. The molecule has 0 radical (unpaired) electrons. The lowest BCUT2D eigenvalue weighted by Gasteiger charge is -2.19. The molecule has 1 saturated heterocycles. The van der Waals surface area contributed by atoms with Crippen LogP contribution in [0, 0.1) is 6.92 Å². The van der Waals surface area contributed by atoms with Gasteiger partial charge in [-0.3, -0.25) is 4.79 Å². The molecule has 1 amide bonds. The molecule has 0 unspecified atom stereocenters. The summed E-state index contributed by atoms with van der Waals surface area (Å²) in [4.78, 5) is 19.0. The number of aryl methyl sites for hydroxylation is 1. The molecule has 1 aromatic heterocycles. The van der Waals surface area contributed by atoms with Crippen LogP contribution in [0.5, 0.6) is 0 Å². The predicted molar refractivity (Wildman–Crippen MR) is 95.5 cm³/mol. The topological polar surface area (TPSA) is 38.1 Å². The number of carbonyl (C=O) groups excluding carboxylic acids is 1. The van der Waals surface area contributed by atoms with Gasteiger partial charge in [0, 0.05) is 18.7 Å². The number of carbonyl (C=O) groups is 1. The van der Waals surface area contributed by atoms with Crippen molar-refractivity contribution in [2.75, 3.05) is 13.1 Å². The second kappa shape index (κ2) is 6.40. The van der Waals surface area contributed by atoms with Gasteiger partial charge in [0.1, 0.15) is 5.82 Å². The number of hydrogen-bond acceptors (Lipinski definition) is 2. The van der Waals surface area contributed by atoms with Gasteiger partial charge in [0.15, 0.2) is 0 Å². The molecule has 4 nitrogen and oxygen atoms in total. The highest BCUT2D eigenvalue weighted by Crippen LogP contribution is 2.31. The summed E-state index contributed by atoms with van der Waals surface area (Å²) >= 11 is 0. The van der Waals surface area contributed by atoms with Crippen molar-refractivity contribution in [3.8, 4) is 0 Å². The van der Waals surface area contributed by atoms with E-state index in [1.807, 2.05) is 31.2 Å². The fourth-order valence-corrected chi connectivity index (χ4v) is 3.75. The number of benzene rings is 2. The zero-order valence-electron chi connectivity index (χ0n) is 14.7. The molecular formula is C20H18F3N3O. The highest BCUT2D eigenvalue weighted by molar-refractivity contribution is 5.94. The Labute approximate surface area is 154 Å². The van der Waals surface area contributed by atoms with Crippen LogP contribution >= 0.6 is 0 Å². The number of amides is 1. The van der Waals surface area contributed by atoms with Gasteiger partial charge in [0.05, 0.1) is 22.6 Å². The van der Waals surface area contributed by atoms with E-state index >= 15 is 0 Å². The summed E-state index contributed by atoms with van der Waals surface area (Å²) in [5.74, 6) is 0.651. The van der Waals surface area contributed by atoms with Crippen molar-refractivity contribution in [2.24, 2.45) is 0 Å². The minimum atomic E-state index is -4.40. The van der Waals surface area contributed by atoms with Crippen molar-refractivity contribution in [3.05, 3.63) is 65.5 Å². The summed E-state index contributed by atoms with van der Waals surface area (Å²) in [6.07, 6.45) is -3.62. The molecule has 1 atom stereocenters. The molecular weight excluding hydrogens is 355 g/mol. The smallest absolute Gasteiger partial charge is 0.336 e. The third-order valence-electron chi connectivity index (χ3n) is 5.05. The van der Waals surface area contributed by atoms with Gasteiger partial charge < -0.3 is 9.47 Å². The zero-order valence-corrected chi connectivity index (χ0v) is 14.7. The molecule has 2 aromatic carbocycles. The number of alkyl halides is 3. The van der Waals surface area contributed by atoms with Gasteiger partial charge in [-0.05, 0) is 49.7 Å². The Morgan fingerprint density at radius 3 is 2.52 bits per heavy atom. The van der Waals surface area contributed by atoms with Crippen molar-refractivity contribution in [2.45, 2.75) is 25.6 Å². The third-order valence-corrected chi connectivity index (χ3v) is 5.05. The summed E-state index contributed by atoms with van der Waals surface area (Å²) in [5.41, 5.74) is 1.47. The molecule has 0 bridgehead atoms. The number of rotatable bonds is 2. The lowest BCUT2D eigenvalue weighted by atomic mass is 10.1. The summed E-state index contributed by atoms with van der Waals surface area (Å²) in [6.45, 7) is 3.03. The van der Waals surface area contributed by atoms with Crippen LogP contribution in [0.25, 0.3) is 11.0 Å². The largest absolute Gasteiger partial charge is 0.416 e. The molecule has 1 aliphatic heterocycles. The van der Waals surface area contributed by atoms with Gasteiger partial charge in [0.25, 0.3) is 5.91 Å². The number of imidazole rings is 1. The molecule has 0 aliphatic carbocycles. The third kappa shape index (κ3) is 3.18. The molecule has 1 fully saturated rings. The molecule has 2 heterocycles. The Bertz CT molecular complexity index is 992. The first kappa shape index (κ1) is 17.6. The van der Waals surface area contributed by atoms with Gasteiger partial charge in [0.2, 0.25) is 0 Å². The van der Waals surface area contributed by atoms with Crippen LogP contribution in [0.1, 0.15) is 34.2 Å². The van der Waals surface area contributed by atoms with Crippen LogP contribution < -0.4 is 0 Å². The lowest BCUT2D eigenvalue weighted by Crippen LogP contribution is -2.29. The molecule has 0 N–H and O–H groups in total. The molecule has 0 saturated carbocycles. The second-order valence-electron chi connectivity index (χ2n) is 6.79. The summed E-state index contributed by atoms with van der Waals surface area (Å²) in [6, 6.07) is 12.4. The molecule has 1 aliphatic rings. The van der Waals surface area contributed by atoms with Gasteiger partial charge in [-0.1, -0.05) is 12.1 Å². The Balaban J connectivity index is 1.54. The number of nitrogens with zero attached hydrogens (tertiary/aromatic N) is 3. The Morgan fingerprint density at radius 1 is 1.11 bits per heavy atom. The van der Waals surface area contributed by atoms with Crippen LogP contribution in [0.15, 0.2) is 48.5 Å². The van der Waals surface area contributed by atoms with Crippen molar-refractivity contribution >= 4 is 16.9 Å². The Kier molecular flexibility index (Phi) is 4.17. The second-order valence-corrected chi connectivity index (χ2v) is 6.79. The summed E-state index contributed by atoms with van der Waals surface area (Å²) in [7, 11) is 0. The van der Waals surface area contributed by atoms with Gasteiger partial charge in [-0.15, -0.1) is 0 Å². The van der Waals surface area contributed by atoms with E-state index in [2.05, 4.69) is 9.55 Å². The highest BCUT2D eigenvalue weighted by atomic mass is 19.4. The van der Waals surface area contributed by atoms with E-state index in [-0.39, 0.29) is 17.5 Å². The van der Waals surface area contributed by atoms with Crippen molar-refractivity contribution in [3.63, 3.8) is 0 Å². The molecule has 4 rings (SSSR count). The SMILES string of the molecule is Cc1nc2ccccc2n1[C@H]1CCN(C(=O)c2ccc(C(F)(F)F)cc2)C1. The van der Waals surface area contributed by atoms with Gasteiger partial charge in [-0.25, -0.2) is 4.98 Å². The number of fused-ring (bicyclic) bond motifs is 1. The van der Waals surface area contributed by atoms with Crippen molar-refractivity contribution in [1.29, 1.82) is 0 Å². The first-order valence-corrected chi connectivity index (χ1v) is 8.74. The van der Waals surface area contributed by atoms with Gasteiger partial charge >= 0.3 is 6.18 Å². The van der Waals surface area contributed by atoms with E-state index in [4.69, 9.17) is 0 Å². The van der Waals surface area contributed by atoms with Crippen LogP contribution in [-0.4, -0.2) is 33.4 Å². The maximum Gasteiger partial charge on any atom is 0.416 e. The first-order valence-electron chi connectivity index (χ1n) is 8.74. The Hall–Kier alpha value is -2.83. The normalized spacial score (nSPS) is 17.6. The first-order chi connectivity index (χ1) is 12.8. The molecule has 27 heavy (non-hydrogen) atoms. The fraction of sp³-hybridized carbons (Fsp3) is 0.300. The van der Waals surface area contributed by atoms with E-state index < -0.39 is 11.7 Å². The summed E-state index contributed by atoms with van der Waals surface area (Å²) < 4.78 is 40.2. The molecule has 0 spiro atoms. The lowest BCUT2D eigenvalue weighted by molar-refractivity contribution is -0.137. The number of para-hydroxylation sites is 2. The van der Waals surface area contributed by atoms with E-state index in [0.717, 1.165) is 35.4 Å². The number of aromatic nitrogens is 2. The highest BCUT2D eigenvalue weighted by Gasteiger charge is 2.32. The fourth-order valence-electron chi connectivity index (χ4n) is 3.75. The maximum atomic E-state index is 12.7. The zero-order chi connectivity index (χ0) is 19.2. The van der Waals surface area contributed by atoms with E-state index in [9.17, 15) is 18.0 Å². The number of likely N-dealkylation sites (tertiary alicyclic amines) is 1. The van der Waals surface area contributed by atoms with Crippen molar-refractivity contribution < 1.29 is 18.0 Å². The van der Waals surface area contributed by atoms with Gasteiger partial charge in [-0.2, -0.15) is 13.2 Å².